The molecule has 3 saturated heterocycles. The molecule has 2 aliphatic carbocycles. The predicted octanol–water partition coefficient (Wildman–Crippen LogP) is 7.51. The maximum atomic E-state index is 17.2. The molecule has 13 heteroatoms. The zero-order valence-electron chi connectivity index (χ0n) is 28.7. The fourth-order valence-corrected chi connectivity index (χ4v) is 9.35. The second kappa shape index (κ2) is 12.6. The maximum absolute atomic E-state index is 17.2. The van der Waals surface area contributed by atoms with Crippen molar-refractivity contribution in [1.82, 2.24) is 29.5 Å². The number of hydrogen-bond donors (Lipinski definition) is 1. The van der Waals surface area contributed by atoms with Gasteiger partial charge in [-0.2, -0.15) is 10.4 Å². The first-order valence-electron chi connectivity index (χ1n) is 17.8. The van der Waals surface area contributed by atoms with Gasteiger partial charge in [0.1, 0.15) is 5.52 Å². The molecule has 5 aliphatic rings. The molecule has 5 fully saturated rings. The topological polar surface area (TPSA) is 118 Å². The fourth-order valence-electron chi connectivity index (χ4n) is 8.95. The zero-order chi connectivity index (χ0) is 36.0. The third-order valence-electron chi connectivity index (χ3n) is 11.7. The summed E-state index contributed by atoms with van der Waals surface area (Å²) >= 11 is 13.1. The van der Waals surface area contributed by atoms with Crippen LogP contribution in [-0.2, 0) is 16.0 Å². The Morgan fingerprint density at radius 1 is 1.17 bits per heavy atom. The van der Waals surface area contributed by atoms with Gasteiger partial charge in [-0.05, 0) is 68.7 Å². The van der Waals surface area contributed by atoms with Gasteiger partial charge in [0.05, 0.1) is 58.6 Å². The van der Waals surface area contributed by atoms with Crippen LogP contribution in [0.3, 0.4) is 0 Å². The second-order valence-corrected chi connectivity index (χ2v) is 15.4. The molecule has 5 atom stereocenters. The van der Waals surface area contributed by atoms with Crippen molar-refractivity contribution in [1.29, 1.82) is 5.26 Å². The summed E-state index contributed by atoms with van der Waals surface area (Å²) in [7, 11) is 1.34. The number of hydrogen-bond acceptors (Lipinski definition) is 7. The van der Waals surface area contributed by atoms with Crippen LogP contribution in [0.2, 0.25) is 10.0 Å². The molecule has 3 aromatic heterocycles. The van der Waals surface area contributed by atoms with Gasteiger partial charge in [-0.15, -0.1) is 0 Å². The summed E-state index contributed by atoms with van der Waals surface area (Å²) in [5, 5.41) is 19.9. The standard InChI is InChI=1S/C39H36Cl2FN7O3/c1-19-26-14-31(30-13-24(18-47(30)38(50)20-8-9-20)48-17-23(16-45-48)39(51)52-2)49(36-22-12-29(36)44-15-22)37(26)27-11-21(5-4-10-43)32(34(42)35(27)46-19)25-6-3-7-28(40)33(25)41/h3,6-7,11,14,16-17,20,22,24,29-30,36,44H,4-5,8-9,12-13,15,18H2,1-2H3/t22-,24+,29-,30-,36+/m1/s1. The van der Waals surface area contributed by atoms with Crippen molar-refractivity contribution < 1.29 is 18.7 Å². The Balaban J connectivity index is 1.27. The first-order chi connectivity index (χ1) is 25.2. The van der Waals surface area contributed by atoms with Crippen molar-refractivity contribution in [2.24, 2.45) is 11.8 Å². The van der Waals surface area contributed by atoms with Crippen LogP contribution < -0.4 is 5.32 Å². The van der Waals surface area contributed by atoms with Crippen molar-refractivity contribution in [2.75, 3.05) is 20.2 Å². The number of nitrogens with zero attached hydrogens (tertiary/aromatic N) is 6. The third kappa shape index (κ3) is 5.13. The van der Waals surface area contributed by atoms with E-state index in [9.17, 15) is 14.9 Å². The van der Waals surface area contributed by atoms with E-state index in [4.69, 9.17) is 32.9 Å². The molecule has 52 heavy (non-hydrogen) atoms. The second-order valence-electron chi connectivity index (χ2n) is 14.7. The average Bonchev–Trinajstić information content (AvgIpc) is 3.64. The van der Waals surface area contributed by atoms with Crippen LogP contribution in [0, 0.1) is 35.9 Å². The van der Waals surface area contributed by atoms with Gasteiger partial charge in [0, 0.05) is 71.0 Å². The van der Waals surface area contributed by atoms with Crippen molar-refractivity contribution in [2.45, 2.75) is 69.6 Å². The number of pyridine rings is 1. The number of fused-ring (bicyclic) bond motifs is 4. The van der Waals surface area contributed by atoms with Gasteiger partial charge in [-0.3, -0.25) is 9.48 Å². The van der Waals surface area contributed by atoms with E-state index in [-0.39, 0.29) is 53.0 Å². The first-order valence-corrected chi connectivity index (χ1v) is 18.6. The highest BCUT2D eigenvalue weighted by molar-refractivity contribution is 6.43. The van der Waals surface area contributed by atoms with Crippen molar-refractivity contribution in [3.63, 3.8) is 0 Å². The quantitative estimate of drug-likeness (QED) is 0.164. The number of ether oxygens (including phenoxy) is 1. The monoisotopic (exact) mass is 739 g/mol. The van der Waals surface area contributed by atoms with Crippen molar-refractivity contribution in [3.05, 3.63) is 81.1 Å². The fraction of sp³-hybridized carbons (Fsp3) is 0.410. The summed E-state index contributed by atoms with van der Waals surface area (Å²) in [6.07, 6.45) is 7.09. The number of carbonyl (C=O) groups is 2. The SMILES string of the molecule is COC(=O)c1cnn([C@H]2C[C@H](c3cc4c(C)nc5c(F)c(-c6cccc(Cl)c6Cl)c(CCC#N)cc5c4n3[C@H]3[C@H]4CN[C@@H]3C4)N(C(=O)C3CC3)C2)c1. The molecule has 266 valence electrons. The first kappa shape index (κ1) is 33.3. The molecule has 0 radical (unpaired) electrons. The van der Waals surface area contributed by atoms with E-state index >= 15 is 4.39 Å². The van der Waals surface area contributed by atoms with E-state index in [0.717, 1.165) is 42.4 Å². The molecule has 1 amide bonds. The van der Waals surface area contributed by atoms with Gasteiger partial charge in [0.25, 0.3) is 0 Å². The number of aromatic nitrogens is 4. The Morgan fingerprint density at radius 2 is 2.00 bits per heavy atom. The van der Waals surface area contributed by atoms with Crippen molar-refractivity contribution in [3.8, 4) is 17.2 Å². The van der Waals surface area contributed by atoms with E-state index in [2.05, 4.69) is 27.1 Å². The minimum atomic E-state index is -0.504. The Bertz CT molecular complexity index is 2350. The van der Waals surface area contributed by atoms with Crippen LogP contribution >= 0.6 is 23.2 Å². The molecule has 0 spiro atoms. The Labute approximate surface area is 309 Å². The molecule has 2 bridgehead atoms. The molecule has 0 unspecified atom stereocenters. The molecular weight excluding hydrogens is 704 g/mol. The molecule has 1 N–H and O–H groups in total. The highest BCUT2D eigenvalue weighted by Gasteiger charge is 2.51. The Morgan fingerprint density at radius 3 is 2.71 bits per heavy atom. The number of rotatable bonds is 8. The van der Waals surface area contributed by atoms with Crippen LogP contribution in [0.15, 0.2) is 42.7 Å². The van der Waals surface area contributed by atoms with Gasteiger partial charge >= 0.3 is 5.97 Å². The van der Waals surface area contributed by atoms with Crippen molar-refractivity contribution >= 4 is 56.9 Å². The van der Waals surface area contributed by atoms with Crippen LogP contribution in [0.25, 0.3) is 32.9 Å². The van der Waals surface area contributed by atoms with Gasteiger partial charge in [-0.25, -0.2) is 14.2 Å². The molecule has 10 nitrogen and oxygen atoms in total. The van der Waals surface area contributed by atoms with Crippen LogP contribution in [0.1, 0.15) is 77.5 Å². The number of nitrogens with one attached hydrogen (secondary N) is 1. The van der Waals surface area contributed by atoms with E-state index in [0.29, 0.717) is 63.7 Å². The third-order valence-corrected chi connectivity index (χ3v) is 12.5. The number of halogens is 3. The van der Waals surface area contributed by atoms with Gasteiger partial charge in [0.2, 0.25) is 5.91 Å². The smallest absolute Gasteiger partial charge is 0.341 e. The molecule has 5 aromatic rings. The van der Waals surface area contributed by atoms with E-state index < -0.39 is 11.8 Å². The van der Waals surface area contributed by atoms with E-state index in [1.807, 2.05) is 17.9 Å². The van der Waals surface area contributed by atoms with Gasteiger partial charge < -0.3 is 19.5 Å². The molecular formula is C39H36Cl2FN7O3. The maximum Gasteiger partial charge on any atom is 0.341 e. The lowest BCUT2D eigenvalue weighted by Gasteiger charge is -2.39. The summed E-state index contributed by atoms with van der Waals surface area (Å²) in [6, 6.07) is 11.4. The molecule has 6 heterocycles. The number of carbonyl (C=O) groups excluding carboxylic acids is 2. The number of nitriles is 1. The zero-order valence-corrected chi connectivity index (χ0v) is 30.2. The highest BCUT2D eigenvalue weighted by atomic mass is 35.5. The summed E-state index contributed by atoms with van der Waals surface area (Å²) in [5.74, 6) is -0.450. The lowest BCUT2D eigenvalue weighted by molar-refractivity contribution is -0.133. The number of methoxy groups -OCH3 is 1. The van der Waals surface area contributed by atoms with Gasteiger partial charge in [-0.1, -0.05) is 35.3 Å². The van der Waals surface area contributed by atoms with Crippen LogP contribution in [0.5, 0.6) is 0 Å². The Hall–Kier alpha value is -4.50. The number of aryl methyl sites for hydroxylation is 2. The van der Waals surface area contributed by atoms with Crippen LogP contribution in [0.4, 0.5) is 4.39 Å². The normalized spacial score (nSPS) is 23.7. The summed E-state index contributed by atoms with van der Waals surface area (Å²) < 4.78 is 26.3. The minimum Gasteiger partial charge on any atom is -0.465 e. The predicted molar refractivity (Wildman–Crippen MR) is 195 cm³/mol. The van der Waals surface area contributed by atoms with Gasteiger partial charge in [0.15, 0.2) is 5.82 Å². The molecule has 2 saturated carbocycles. The number of amides is 1. The number of benzene rings is 2. The number of likely N-dealkylation sites (tertiary alicyclic amines) is 1. The van der Waals surface area contributed by atoms with Crippen LogP contribution in [-0.4, -0.2) is 62.3 Å². The molecule has 2 aromatic carbocycles. The molecule has 3 aliphatic heterocycles. The summed E-state index contributed by atoms with van der Waals surface area (Å²) in [4.78, 5) is 33.2. The summed E-state index contributed by atoms with van der Waals surface area (Å²) in [6.45, 7) is 3.24. The lowest BCUT2D eigenvalue weighted by atomic mass is 9.79. The summed E-state index contributed by atoms with van der Waals surface area (Å²) in [5.41, 5.74) is 4.55. The molecule has 10 rings (SSSR count). The average molecular weight is 741 g/mol. The number of esters is 1. The Kier molecular flexibility index (Phi) is 8.06. The largest absolute Gasteiger partial charge is 0.465 e. The van der Waals surface area contributed by atoms with E-state index in [1.54, 1.807) is 29.1 Å². The highest BCUT2D eigenvalue weighted by Crippen LogP contribution is 2.52. The lowest BCUT2D eigenvalue weighted by Crippen LogP contribution is -2.41. The van der Waals surface area contributed by atoms with E-state index in [1.165, 1.54) is 13.3 Å². The minimum absolute atomic E-state index is 0.00152.